The van der Waals surface area contributed by atoms with Crippen molar-refractivity contribution in [1.29, 1.82) is 0 Å². The topological polar surface area (TPSA) is 65.8 Å². The number of carboxylic acid groups (broad SMARTS) is 1. The van der Waals surface area contributed by atoms with Crippen LogP contribution in [0.15, 0.2) is 17.1 Å². The number of aromatic nitrogens is 1. The molecule has 0 aliphatic carbocycles. The van der Waals surface area contributed by atoms with Gasteiger partial charge in [0.15, 0.2) is 0 Å². The van der Waals surface area contributed by atoms with Gasteiger partial charge in [0.1, 0.15) is 5.56 Å². The second-order valence-corrected chi connectivity index (χ2v) is 6.15. The van der Waals surface area contributed by atoms with Gasteiger partial charge in [0.05, 0.1) is 0 Å². The van der Waals surface area contributed by atoms with E-state index < -0.39 is 11.5 Å². The molecule has 0 bridgehead atoms. The average Bonchev–Trinajstić information content (AvgIpc) is 2.46. The lowest BCUT2D eigenvalue weighted by Gasteiger charge is -2.36. The van der Waals surface area contributed by atoms with Crippen molar-refractivity contribution in [3.63, 3.8) is 0 Å². The molecule has 0 atom stereocenters. The molecule has 6 nitrogen and oxygen atoms in total. The van der Waals surface area contributed by atoms with Gasteiger partial charge in [-0.05, 0) is 32.4 Å². The van der Waals surface area contributed by atoms with E-state index in [2.05, 4.69) is 23.6 Å². The molecular formula is C16H25N3O3. The molecule has 6 heteroatoms. The molecule has 122 valence electrons. The number of pyridine rings is 1. The van der Waals surface area contributed by atoms with Gasteiger partial charge in [-0.2, -0.15) is 0 Å². The van der Waals surface area contributed by atoms with Crippen LogP contribution < -0.4 is 5.56 Å². The van der Waals surface area contributed by atoms with E-state index in [1.54, 1.807) is 19.2 Å². The van der Waals surface area contributed by atoms with E-state index >= 15 is 0 Å². The number of aryl methyl sites for hydroxylation is 1. The quantitative estimate of drug-likeness (QED) is 0.875. The fourth-order valence-electron chi connectivity index (χ4n) is 2.85. The Balaban J connectivity index is 1.97. The highest BCUT2D eigenvalue weighted by atomic mass is 16.4. The number of aromatic carboxylic acids is 1. The van der Waals surface area contributed by atoms with Gasteiger partial charge in [0.2, 0.25) is 0 Å². The van der Waals surface area contributed by atoms with Crippen molar-refractivity contribution in [2.45, 2.75) is 33.4 Å². The predicted octanol–water partition coefficient (Wildman–Crippen LogP) is 0.881. The normalized spacial score (nSPS) is 17.1. The van der Waals surface area contributed by atoms with Gasteiger partial charge in [-0.3, -0.25) is 14.6 Å². The molecule has 1 aromatic heterocycles. The maximum absolute atomic E-state index is 12.2. The molecule has 0 spiro atoms. The maximum Gasteiger partial charge on any atom is 0.341 e. The maximum atomic E-state index is 12.2. The van der Waals surface area contributed by atoms with Crippen molar-refractivity contribution in [1.82, 2.24) is 14.4 Å². The van der Waals surface area contributed by atoms with E-state index in [0.717, 1.165) is 32.7 Å². The first-order valence-electron chi connectivity index (χ1n) is 7.80. The second-order valence-electron chi connectivity index (χ2n) is 6.15. The number of carbonyl (C=O) groups is 1. The number of hydrogen-bond donors (Lipinski definition) is 1. The Labute approximate surface area is 131 Å². The number of nitrogens with zero attached hydrogens (tertiary/aromatic N) is 3. The van der Waals surface area contributed by atoms with Crippen molar-refractivity contribution in [2.75, 3.05) is 32.7 Å². The standard InChI is InChI=1S/C16H25N3O3/c1-12(2)18-9-6-17(7-10-18)8-11-19-5-4-13(3)14(15(19)20)16(21)22/h4-5,12H,6-11H2,1-3H3,(H,21,22). The fraction of sp³-hybridized carbons (Fsp3) is 0.625. The van der Waals surface area contributed by atoms with Crippen molar-refractivity contribution in [3.05, 3.63) is 33.7 Å². The summed E-state index contributed by atoms with van der Waals surface area (Å²) in [5.74, 6) is -1.15. The lowest BCUT2D eigenvalue weighted by Crippen LogP contribution is -2.49. The Morgan fingerprint density at radius 3 is 2.41 bits per heavy atom. The van der Waals surface area contributed by atoms with Crippen LogP contribution in [0.2, 0.25) is 0 Å². The van der Waals surface area contributed by atoms with E-state index in [1.165, 1.54) is 4.57 Å². The molecule has 2 rings (SSSR count). The Morgan fingerprint density at radius 2 is 1.86 bits per heavy atom. The summed E-state index contributed by atoms with van der Waals surface area (Å²) >= 11 is 0. The molecule has 1 aromatic rings. The van der Waals surface area contributed by atoms with Gasteiger partial charge in [0.25, 0.3) is 5.56 Å². The lowest BCUT2D eigenvalue weighted by atomic mass is 10.1. The molecule has 0 saturated carbocycles. The summed E-state index contributed by atoms with van der Waals surface area (Å²) in [7, 11) is 0. The first-order chi connectivity index (χ1) is 10.4. The van der Waals surface area contributed by atoms with E-state index in [1.807, 2.05) is 0 Å². The van der Waals surface area contributed by atoms with Gasteiger partial charge in [0, 0.05) is 51.5 Å². The zero-order valence-electron chi connectivity index (χ0n) is 13.6. The molecule has 0 unspecified atom stereocenters. The molecule has 1 aliphatic rings. The summed E-state index contributed by atoms with van der Waals surface area (Å²) in [6.45, 7) is 11.4. The van der Waals surface area contributed by atoms with Gasteiger partial charge in [-0.1, -0.05) is 0 Å². The van der Waals surface area contributed by atoms with Crippen LogP contribution in [0.3, 0.4) is 0 Å². The Morgan fingerprint density at radius 1 is 1.23 bits per heavy atom. The smallest absolute Gasteiger partial charge is 0.341 e. The van der Waals surface area contributed by atoms with Crippen LogP contribution in [-0.4, -0.2) is 64.2 Å². The van der Waals surface area contributed by atoms with E-state index in [-0.39, 0.29) is 5.56 Å². The Kier molecular flexibility index (Phi) is 5.37. The molecule has 1 saturated heterocycles. The SMILES string of the molecule is Cc1ccn(CCN2CCN(C(C)C)CC2)c(=O)c1C(=O)O. The van der Waals surface area contributed by atoms with E-state index in [0.29, 0.717) is 18.2 Å². The van der Waals surface area contributed by atoms with Crippen LogP contribution in [0, 0.1) is 6.92 Å². The third-order valence-electron chi connectivity index (χ3n) is 4.38. The largest absolute Gasteiger partial charge is 0.477 e. The van der Waals surface area contributed by atoms with Crippen LogP contribution in [0.25, 0.3) is 0 Å². The predicted molar refractivity (Wildman–Crippen MR) is 85.5 cm³/mol. The number of carboxylic acids is 1. The molecule has 0 radical (unpaired) electrons. The van der Waals surface area contributed by atoms with E-state index in [9.17, 15) is 9.59 Å². The average molecular weight is 307 g/mol. The molecule has 0 amide bonds. The third-order valence-corrected chi connectivity index (χ3v) is 4.38. The first kappa shape index (κ1) is 16.7. The zero-order valence-corrected chi connectivity index (χ0v) is 13.6. The molecule has 1 fully saturated rings. The molecule has 2 heterocycles. The second kappa shape index (κ2) is 7.07. The summed E-state index contributed by atoms with van der Waals surface area (Å²) in [5, 5.41) is 9.14. The zero-order chi connectivity index (χ0) is 16.3. The minimum Gasteiger partial charge on any atom is -0.477 e. The van der Waals surface area contributed by atoms with Gasteiger partial charge in [-0.25, -0.2) is 4.79 Å². The van der Waals surface area contributed by atoms with Crippen LogP contribution in [-0.2, 0) is 6.54 Å². The Hall–Kier alpha value is -1.66. The van der Waals surface area contributed by atoms with Gasteiger partial charge < -0.3 is 9.67 Å². The number of hydrogen-bond acceptors (Lipinski definition) is 4. The molecule has 1 N–H and O–H groups in total. The van der Waals surface area contributed by atoms with Crippen LogP contribution in [0.5, 0.6) is 0 Å². The molecule has 0 aromatic carbocycles. The highest BCUT2D eigenvalue weighted by Crippen LogP contribution is 2.06. The van der Waals surface area contributed by atoms with Crippen molar-refractivity contribution in [2.24, 2.45) is 0 Å². The highest BCUT2D eigenvalue weighted by molar-refractivity contribution is 5.88. The van der Waals surface area contributed by atoms with Crippen LogP contribution in [0.1, 0.15) is 29.8 Å². The summed E-state index contributed by atoms with van der Waals surface area (Å²) in [6.07, 6.45) is 1.69. The summed E-state index contributed by atoms with van der Waals surface area (Å²) in [4.78, 5) is 28.1. The monoisotopic (exact) mass is 307 g/mol. The van der Waals surface area contributed by atoms with E-state index in [4.69, 9.17) is 5.11 Å². The van der Waals surface area contributed by atoms with Crippen LogP contribution in [0.4, 0.5) is 0 Å². The fourth-order valence-corrected chi connectivity index (χ4v) is 2.85. The van der Waals surface area contributed by atoms with Crippen molar-refractivity contribution in [3.8, 4) is 0 Å². The Bertz CT molecular complexity index is 587. The minimum absolute atomic E-state index is 0.118. The highest BCUT2D eigenvalue weighted by Gasteiger charge is 2.19. The molecular weight excluding hydrogens is 282 g/mol. The first-order valence-corrected chi connectivity index (χ1v) is 7.80. The van der Waals surface area contributed by atoms with Crippen molar-refractivity contribution < 1.29 is 9.90 Å². The third kappa shape index (κ3) is 3.75. The summed E-state index contributed by atoms with van der Waals surface area (Å²) in [6, 6.07) is 2.27. The van der Waals surface area contributed by atoms with Crippen LogP contribution >= 0.6 is 0 Å². The van der Waals surface area contributed by atoms with Gasteiger partial charge >= 0.3 is 5.97 Å². The molecule has 1 aliphatic heterocycles. The number of rotatable bonds is 5. The molecule has 22 heavy (non-hydrogen) atoms. The minimum atomic E-state index is -1.15. The van der Waals surface area contributed by atoms with Gasteiger partial charge in [-0.15, -0.1) is 0 Å². The lowest BCUT2D eigenvalue weighted by molar-refractivity contribution is 0.0693. The summed E-state index contributed by atoms with van der Waals surface area (Å²) in [5.41, 5.74) is -0.0141. The summed E-state index contributed by atoms with van der Waals surface area (Å²) < 4.78 is 1.51. The van der Waals surface area contributed by atoms with Crippen molar-refractivity contribution >= 4 is 5.97 Å². The number of piperazine rings is 1.